The Balaban J connectivity index is 0.000000371. The second-order valence-electron chi connectivity index (χ2n) is 2.55. The van der Waals surface area contributed by atoms with Crippen molar-refractivity contribution in [3.8, 4) is 0 Å². The van der Waals surface area contributed by atoms with Gasteiger partial charge in [-0.25, -0.2) is 0 Å². The van der Waals surface area contributed by atoms with Crippen molar-refractivity contribution in [1.29, 1.82) is 0 Å². The summed E-state index contributed by atoms with van der Waals surface area (Å²) in [5.41, 5.74) is 1.59. The lowest BCUT2D eigenvalue weighted by Crippen LogP contribution is -2.13. The van der Waals surface area contributed by atoms with E-state index in [-0.39, 0.29) is 0 Å². The van der Waals surface area contributed by atoms with Crippen LogP contribution in [0.2, 0.25) is 0 Å². The minimum absolute atomic E-state index is 0.796. The Bertz CT molecular complexity index is 77.7. The molecule has 1 fully saturated rings. The van der Waals surface area contributed by atoms with Crippen molar-refractivity contribution < 1.29 is 0 Å². The molecule has 0 aromatic carbocycles. The number of hydrogen-bond acceptors (Lipinski definition) is 1. The molecule has 0 radical (unpaired) electrons. The normalized spacial score (nSPS) is 33.3. The van der Waals surface area contributed by atoms with Gasteiger partial charge in [-0.05, 0) is 18.4 Å². The van der Waals surface area contributed by atoms with E-state index in [2.05, 4.69) is 30.4 Å². The van der Waals surface area contributed by atoms with Gasteiger partial charge in [-0.3, -0.25) is 0 Å². The molecule has 1 nitrogen and oxygen atoms in total. The van der Waals surface area contributed by atoms with Gasteiger partial charge in [0, 0.05) is 13.1 Å². The molecule has 0 N–H and O–H groups in total. The molecule has 4 atom stereocenters. The average Bonchev–Trinajstić information content (AvgIpc) is 2.16. The van der Waals surface area contributed by atoms with Gasteiger partial charge in [0.2, 0.25) is 0 Å². The molecule has 10 heavy (non-hydrogen) atoms. The van der Waals surface area contributed by atoms with Crippen molar-refractivity contribution in [2.75, 3.05) is 20.1 Å². The lowest BCUT2D eigenvalue weighted by molar-refractivity contribution is 0.420. The van der Waals surface area contributed by atoms with Crippen molar-refractivity contribution in [1.82, 2.24) is 4.90 Å². The molecular weight excluding hydrogens is 160 g/mol. The maximum Gasteiger partial charge on any atom is 0.00479 e. The lowest BCUT2D eigenvalue weighted by atomic mass is 10.4. The second kappa shape index (κ2) is 5.47. The van der Waals surface area contributed by atoms with Crippen molar-refractivity contribution in [3.63, 3.8) is 0 Å². The smallest absolute Gasteiger partial charge is 0.00479 e. The van der Waals surface area contributed by atoms with E-state index in [0.717, 1.165) is 11.3 Å². The molecule has 0 aliphatic carbocycles. The second-order valence-corrected chi connectivity index (χ2v) is 4.26. The van der Waals surface area contributed by atoms with Crippen LogP contribution in [-0.2, 0) is 0 Å². The largest absolute Gasteiger partial charge is 0.305 e. The zero-order valence-corrected chi connectivity index (χ0v) is 9.48. The Labute approximate surface area is 69.3 Å². The molecule has 0 bridgehead atoms. The van der Waals surface area contributed by atoms with Crippen molar-refractivity contribution in [2.24, 2.45) is 0 Å². The summed E-state index contributed by atoms with van der Waals surface area (Å²) in [6, 6.07) is 0. The van der Waals surface area contributed by atoms with Gasteiger partial charge < -0.3 is 4.90 Å². The van der Waals surface area contributed by atoms with E-state index in [1.807, 2.05) is 13.8 Å². The summed E-state index contributed by atoms with van der Waals surface area (Å²) in [4.78, 5) is 2.36. The maximum atomic E-state index is 2.87. The zero-order chi connectivity index (χ0) is 8.15. The number of nitrogens with zero attached hydrogens (tertiary/aromatic N) is 1. The maximum absolute atomic E-state index is 2.87. The quantitative estimate of drug-likeness (QED) is 0.509. The molecule has 1 rings (SSSR count). The lowest BCUT2D eigenvalue weighted by Gasteiger charge is -2.03. The van der Waals surface area contributed by atoms with Gasteiger partial charge in [-0.1, -0.05) is 13.8 Å². The number of rotatable bonds is 0. The van der Waals surface area contributed by atoms with E-state index in [4.69, 9.17) is 0 Å². The number of likely N-dealkylation sites (tertiary alicyclic amines) is 1. The van der Waals surface area contributed by atoms with Crippen molar-refractivity contribution in [3.05, 3.63) is 0 Å². The first kappa shape index (κ1) is 10.8. The Hall–Kier alpha value is 0.820. The Morgan fingerprint density at radius 2 is 1.40 bits per heavy atom. The van der Waals surface area contributed by atoms with Crippen LogP contribution in [0.3, 0.4) is 0 Å². The zero-order valence-electron chi connectivity index (χ0n) is 7.17. The molecule has 62 valence electrons. The van der Waals surface area contributed by atoms with Gasteiger partial charge >= 0.3 is 0 Å². The minimum Gasteiger partial charge on any atom is -0.305 e. The van der Waals surface area contributed by atoms with Gasteiger partial charge in [0.1, 0.15) is 0 Å². The van der Waals surface area contributed by atoms with E-state index >= 15 is 0 Å². The molecule has 1 aliphatic rings. The van der Waals surface area contributed by atoms with Crippen LogP contribution >= 0.6 is 18.5 Å². The van der Waals surface area contributed by atoms with Crippen molar-refractivity contribution >= 4 is 18.5 Å². The van der Waals surface area contributed by atoms with Crippen LogP contribution < -0.4 is 0 Å². The fraction of sp³-hybridized carbons (Fsp3) is 1.00. The van der Waals surface area contributed by atoms with Crippen LogP contribution in [0.1, 0.15) is 13.8 Å². The first-order valence-electron chi connectivity index (χ1n) is 3.90. The highest BCUT2D eigenvalue weighted by Crippen LogP contribution is 2.22. The molecule has 3 heteroatoms. The van der Waals surface area contributed by atoms with E-state index in [0.29, 0.717) is 0 Å². The van der Waals surface area contributed by atoms with Crippen LogP contribution in [0, 0.1) is 0 Å². The predicted molar refractivity (Wildman–Crippen MR) is 55.8 cm³/mol. The summed E-state index contributed by atoms with van der Waals surface area (Å²) in [5.74, 6) is 0. The molecular formula is C7H19NP2. The highest BCUT2D eigenvalue weighted by molar-refractivity contribution is 7.23. The Kier molecular flexibility index (Phi) is 5.92. The van der Waals surface area contributed by atoms with Crippen LogP contribution in [0.25, 0.3) is 0 Å². The standard InChI is InChI=1S/C5H13NP2.C2H6/c1-6-2-4(7)5(8)3-6;1-2/h4-5H,2-3,7-8H2,1H3;1-2H3. The third-order valence-electron chi connectivity index (χ3n) is 1.59. The molecule has 0 amide bonds. The van der Waals surface area contributed by atoms with Crippen LogP contribution in [0.5, 0.6) is 0 Å². The third-order valence-corrected chi connectivity index (χ3v) is 3.45. The minimum atomic E-state index is 0.796. The first-order chi connectivity index (χ1) is 4.70. The highest BCUT2D eigenvalue weighted by atomic mass is 31.0. The monoisotopic (exact) mass is 179 g/mol. The Morgan fingerprint density at radius 1 is 1.10 bits per heavy atom. The molecule has 0 aromatic rings. The van der Waals surface area contributed by atoms with E-state index in [1.165, 1.54) is 13.1 Å². The number of hydrogen-bond donors (Lipinski definition) is 0. The fourth-order valence-corrected chi connectivity index (χ4v) is 2.03. The average molecular weight is 179 g/mol. The third kappa shape index (κ3) is 3.28. The van der Waals surface area contributed by atoms with Crippen molar-refractivity contribution in [2.45, 2.75) is 25.2 Å². The molecule has 1 heterocycles. The summed E-state index contributed by atoms with van der Waals surface area (Å²) in [6.07, 6.45) is 0. The predicted octanol–water partition coefficient (Wildman–Crippen LogP) is 1.45. The van der Waals surface area contributed by atoms with Gasteiger partial charge in [-0.2, -0.15) is 0 Å². The van der Waals surface area contributed by atoms with E-state index in [9.17, 15) is 0 Å². The summed E-state index contributed by atoms with van der Waals surface area (Å²) < 4.78 is 0. The van der Waals surface area contributed by atoms with Crippen LogP contribution in [-0.4, -0.2) is 36.4 Å². The van der Waals surface area contributed by atoms with E-state index < -0.39 is 0 Å². The van der Waals surface area contributed by atoms with Crippen LogP contribution in [0.15, 0.2) is 0 Å². The summed E-state index contributed by atoms with van der Waals surface area (Å²) >= 11 is 0. The topological polar surface area (TPSA) is 3.24 Å². The molecule has 1 saturated heterocycles. The van der Waals surface area contributed by atoms with Gasteiger partial charge in [0.15, 0.2) is 0 Å². The van der Waals surface area contributed by atoms with Crippen LogP contribution in [0.4, 0.5) is 0 Å². The highest BCUT2D eigenvalue weighted by Gasteiger charge is 2.22. The molecule has 0 spiro atoms. The SMILES string of the molecule is CC.CN1CC(P)C(P)C1. The molecule has 4 unspecified atom stereocenters. The van der Waals surface area contributed by atoms with Gasteiger partial charge in [0.05, 0.1) is 0 Å². The summed E-state index contributed by atoms with van der Waals surface area (Å²) in [6.45, 7) is 6.47. The molecule has 0 saturated carbocycles. The molecule has 0 aromatic heterocycles. The molecule has 1 aliphatic heterocycles. The van der Waals surface area contributed by atoms with E-state index in [1.54, 1.807) is 0 Å². The fourth-order valence-electron chi connectivity index (χ4n) is 1.07. The Morgan fingerprint density at radius 3 is 1.50 bits per heavy atom. The van der Waals surface area contributed by atoms with Gasteiger partial charge in [0.25, 0.3) is 0 Å². The summed E-state index contributed by atoms with van der Waals surface area (Å²) in [7, 11) is 7.91. The summed E-state index contributed by atoms with van der Waals surface area (Å²) in [5, 5.41) is 0. The first-order valence-corrected chi connectivity index (χ1v) is 5.23. The van der Waals surface area contributed by atoms with Gasteiger partial charge in [-0.15, -0.1) is 18.5 Å².